The summed E-state index contributed by atoms with van der Waals surface area (Å²) < 4.78 is 5.43. The molecule has 1 N–H and O–H groups in total. The average molecular weight is 439 g/mol. The number of likely N-dealkylation sites (tertiary alicyclic amines) is 1. The van der Waals surface area contributed by atoms with E-state index in [4.69, 9.17) is 9.72 Å². The summed E-state index contributed by atoms with van der Waals surface area (Å²) in [6.07, 6.45) is 4.60. The number of nitrogens with one attached hydrogen (secondary N) is 1. The number of carbonyl (C=O) groups is 1. The summed E-state index contributed by atoms with van der Waals surface area (Å²) >= 11 is 0. The number of nitrogens with zero attached hydrogens (tertiary/aromatic N) is 3. The zero-order valence-corrected chi connectivity index (χ0v) is 19.4. The Morgan fingerprint density at radius 1 is 1.25 bits per heavy atom. The fourth-order valence-electron chi connectivity index (χ4n) is 4.89. The van der Waals surface area contributed by atoms with Crippen molar-refractivity contribution in [2.24, 2.45) is 0 Å². The molecule has 172 valence electrons. The number of aromatic amines is 1. The maximum atomic E-state index is 13.2. The van der Waals surface area contributed by atoms with Gasteiger partial charge in [0.15, 0.2) is 0 Å². The number of hydrogen-bond donors (Lipinski definition) is 1. The van der Waals surface area contributed by atoms with Crippen molar-refractivity contribution >= 4 is 5.91 Å². The normalized spacial score (nSPS) is 19.1. The summed E-state index contributed by atoms with van der Waals surface area (Å²) in [6.45, 7) is 6.61. The average Bonchev–Trinajstić information content (AvgIpc) is 2.82. The van der Waals surface area contributed by atoms with Gasteiger partial charge in [-0.05, 0) is 57.6 Å². The van der Waals surface area contributed by atoms with Gasteiger partial charge in [0.25, 0.3) is 5.56 Å². The number of amides is 1. The lowest BCUT2D eigenvalue weighted by Crippen LogP contribution is -2.42. The van der Waals surface area contributed by atoms with Crippen molar-refractivity contribution in [3.05, 3.63) is 57.3 Å². The molecule has 0 spiro atoms. The van der Waals surface area contributed by atoms with E-state index in [2.05, 4.69) is 23.7 Å². The number of benzene rings is 1. The second kappa shape index (κ2) is 9.86. The standard InChI is InChI=1S/C25H34N4O3/c1-17(2)28-15-13-19-20(16-28)26-24(27-25(19)31)21-9-6-7-14-29(21)23(30)12-11-18-8-4-5-10-22(18)32-3/h4-5,8,10,17,21H,6-7,9,11-16H2,1-3H3,(H,26,27,31). The highest BCUT2D eigenvalue weighted by Gasteiger charge is 2.31. The van der Waals surface area contributed by atoms with Crippen LogP contribution in [0.25, 0.3) is 0 Å². The van der Waals surface area contributed by atoms with Gasteiger partial charge in [-0.2, -0.15) is 0 Å². The Bertz CT molecular complexity index is 1020. The molecule has 1 fully saturated rings. The van der Waals surface area contributed by atoms with Crippen LogP contribution in [-0.4, -0.2) is 51.9 Å². The van der Waals surface area contributed by atoms with E-state index in [9.17, 15) is 9.59 Å². The van der Waals surface area contributed by atoms with Gasteiger partial charge in [0.1, 0.15) is 11.6 Å². The number of para-hydroxylation sites is 1. The number of aromatic nitrogens is 2. The molecule has 32 heavy (non-hydrogen) atoms. The van der Waals surface area contributed by atoms with E-state index in [1.54, 1.807) is 7.11 Å². The molecule has 0 aliphatic carbocycles. The minimum Gasteiger partial charge on any atom is -0.496 e. The number of piperidine rings is 1. The van der Waals surface area contributed by atoms with E-state index in [1.807, 2.05) is 29.2 Å². The number of fused-ring (bicyclic) bond motifs is 1. The van der Waals surface area contributed by atoms with Crippen LogP contribution in [0.15, 0.2) is 29.1 Å². The largest absolute Gasteiger partial charge is 0.496 e. The summed E-state index contributed by atoms with van der Waals surface area (Å²) in [4.78, 5) is 38.2. The van der Waals surface area contributed by atoms with E-state index < -0.39 is 0 Å². The van der Waals surface area contributed by atoms with E-state index >= 15 is 0 Å². The molecule has 2 aromatic rings. The molecule has 1 saturated heterocycles. The Morgan fingerprint density at radius 3 is 2.84 bits per heavy atom. The van der Waals surface area contributed by atoms with Crippen molar-refractivity contribution in [3.8, 4) is 5.75 Å². The van der Waals surface area contributed by atoms with Gasteiger partial charge >= 0.3 is 0 Å². The van der Waals surface area contributed by atoms with Crippen LogP contribution < -0.4 is 10.3 Å². The molecule has 1 aromatic carbocycles. The number of H-pyrrole nitrogens is 1. The van der Waals surface area contributed by atoms with Crippen molar-refractivity contribution in [2.45, 2.75) is 71.0 Å². The van der Waals surface area contributed by atoms with Crippen LogP contribution in [0.4, 0.5) is 0 Å². The van der Waals surface area contributed by atoms with Crippen LogP contribution in [-0.2, 0) is 24.2 Å². The molecular formula is C25H34N4O3. The van der Waals surface area contributed by atoms with Gasteiger partial charge in [-0.1, -0.05) is 18.2 Å². The second-order valence-electron chi connectivity index (χ2n) is 9.10. The first-order valence-corrected chi connectivity index (χ1v) is 11.7. The summed E-state index contributed by atoms with van der Waals surface area (Å²) in [7, 11) is 1.65. The van der Waals surface area contributed by atoms with Gasteiger partial charge in [0, 0.05) is 37.7 Å². The van der Waals surface area contributed by atoms with Gasteiger partial charge in [-0.25, -0.2) is 4.98 Å². The number of aryl methyl sites for hydroxylation is 1. The van der Waals surface area contributed by atoms with E-state index in [-0.39, 0.29) is 17.5 Å². The molecule has 1 atom stereocenters. The molecule has 3 heterocycles. The predicted octanol–water partition coefficient (Wildman–Crippen LogP) is 3.23. The molecule has 2 aliphatic heterocycles. The van der Waals surface area contributed by atoms with Crippen LogP contribution in [0.3, 0.4) is 0 Å². The minimum atomic E-state index is -0.165. The molecule has 2 aliphatic rings. The highest BCUT2D eigenvalue weighted by Crippen LogP contribution is 2.30. The third-order valence-electron chi connectivity index (χ3n) is 6.79. The van der Waals surface area contributed by atoms with Crippen molar-refractivity contribution in [1.82, 2.24) is 19.8 Å². The lowest BCUT2D eigenvalue weighted by atomic mass is 9.99. The zero-order chi connectivity index (χ0) is 22.7. The van der Waals surface area contributed by atoms with Crippen molar-refractivity contribution in [2.75, 3.05) is 20.2 Å². The van der Waals surface area contributed by atoms with E-state index in [1.165, 1.54) is 0 Å². The van der Waals surface area contributed by atoms with Gasteiger partial charge in [0.2, 0.25) is 5.91 Å². The molecule has 4 rings (SSSR count). The van der Waals surface area contributed by atoms with Crippen LogP contribution >= 0.6 is 0 Å². The second-order valence-corrected chi connectivity index (χ2v) is 9.10. The Balaban J connectivity index is 1.53. The van der Waals surface area contributed by atoms with Crippen molar-refractivity contribution < 1.29 is 9.53 Å². The quantitative estimate of drug-likeness (QED) is 0.749. The first kappa shape index (κ1) is 22.5. The number of hydrogen-bond acceptors (Lipinski definition) is 5. The smallest absolute Gasteiger partial charge is 0.254 e. The molecule has 1 aromatic heterocycles. The third-order valence-corrected chi connectivity index (χ3v) is 6.79. The number of ether oxygens (including phenoxy) is 1. The third kappa shape index (κ3) is 4.72. The Kier molecular flexibility index (Phi) is 6.94. The Labute approximate surface area is 189 Å². The number of carbonyl (C=O) groups excluding carboxylic acids is 1. The highest BCUT2D eigenvalue weighted by atomic mass is 16.5. The minimum absolute atomic E-state index is 0.0413. The molecule has 7 nitrogen and oxygen atoms in total. The van der Waals surface area contributed by atoms with E-state index in [0.717, 1.165) is 54.8 Å². The van der Waals surface area contributed by atoms with Gasteiger partial charge in [-0.15, -0.1) is 0 Å². The molecule has 0 radical (unpaired) electrons. The van der Waals surface area contributed by atoms with Crippen LogP contribution in [0.2, 0.25) is 0 Å². The Morgan fingerprint density at radius 2 is 2.06 bits per heavy atom. The monoisotopic (exact) mass is 438 g/mol. The summed E-state index contributed by atoms with van der Waals surface area (Å²) in [5, 5.41) is 0. The van der Waals surface area contributed by atoms with Gasteiger partial charge in [0.05, 0.1) is 18.8 Å². The number of methoxy groups -OCH3 is 1. The van der Waals surface area contributed by atoms with Crippen LogP contribution in [0.1, 0.15) is 68.2 Å². The molecule has 1 unspecified atom stereocenters. The first-order valence-electron chi connectivity index (χ1n) is 11.7. The molecule has 7 heteroatoms. The predicted molar refractivity (Wildman–Crippen MR) is 124 cm³/mol. The Hall–Kier alpha value is -2.67. The summed E-state index contributed by atoms with van der Waals surface area (Å²) in [6, 6.07) is 8.07. The fraction of sp³-hybridized carbons (Fsp3) is 0.560. The van der Waals surface area contributed by atoms with Crippen molar-refractivity contribution in [1.29, 1.82) is 0 Å². The number of rotatable bonds is 6. The summed E-state index contributed by atoms with van der Waals surface area (Å²) in [5.74, 6) is 1.56. The lowest BCUT2D eigenvalue weighted by molar-refractivity contribution is -0.135. The first-order chi connectivity index (χ1) is 15.5. The van der Waals surface area contributed by atoms with Gasteiger partial charge in [-0.3, -0.25) is 14.5 Å². The molecular weight excluding hydrogens is 404 g/mol. The maximum absolute atomic E-state index is 13.2. The summed E-state index contributed by atoms with van der Waals surface area (Å²) in [5.41, 5.74) is 2.66. The van der Waals surface area contributed by atoms with Crippen LogP contribution in [0.5, 0.6) is 5.75 Å². The molecule has 0 bridgehead atoms. The lowest BCUT2D eigenvalue weighted by Gasteiger charge is -2.36. The van der Waals surface area contributed by atoms with E-state index in [0.29, 0.717) is 37.8 Å². The van der Waals surface area contributed by atoms with Crippen molar-refractivity contribution in [3.63, 3.8) is 0 Å². The molecule has 1 amide bonds. The SMILES string of the molecule is COc1ccccc1CCC(=O)N1CCCCC1c1nc2c(c(=O)[nH]1)CCN(C(C)C)C2. The zero-order valence-electron chi connectivity index (χ0n) is 19.4. The molecule has 0 saturated carbocycles. The van der Waals surface area contributed by atoms with Crippen LogP contribution in [0, 0.1) is 0 Å². The fourth-order valence-corrected chi connectivity index (χ4v) is 4.89. The topological polar surface area (TPSA) is 78.5 Å². The maximum Gasteiger partial charge on any atom is 0.254 e. The highest BCUT2D eigenvalue weighted by molar-refractivity contribution is 5.77. The van der Waals surface area contributed by atoms with Gasteiger partial charge < -0.3 is 14.6 Å².